The Labute approximate surface area is 176 Å². The summed E-state index contributed by atoms with van der Waals surface area (Å²) in [6.45, 7) is 1.30. The summed E-state index contributed by atoms with van der Waals surface area (Å²) in [7, 11) is 0. The maximum atomic E-state index is 13.2. The largest absolute Gasteiger partial charge is 0.423 e. The number of carbonyl (C=O) groups is 1. The zero-order chi connectivity index (χ0) is 19.8. The van der Waals surface area contributed by atoms with Crippen molar-refractivity contribution in [3.05, 3.63) is 70.6 Å². The molecule has 4 aromatic rings. The SMILES string of the molecule is O=C(c1ccccc1-c1cccs1)N1CCC(Nc2nc3ccc(Cl)cc3o2)C1. The Balaban J connectivity index is 1.31. The molecule has 1 fully saturated rings. The van der Waals surface area contributed by atoms with E-state index in [1.807, 2.05) is 52.7 Å². The van der Waals surface area contributed by atoms with E-state index in [0.717, 1.165) is 27.9 Å². The number of fused-ring (bicyclic) bond motifs is 1. The predicted molar refractivity (Wildman–Crippen MR) is 117 cm³/mol. The van der Waals surface area contributed by atoms with Crippen LogP contribution in [0.15, 0.2) is 64.4 Å². The number of hydrogen-bond donors (Lipinski definition) is 1. The van der Waals surface area contributed by atoms with Crippen molar-refractivity contribution in [2.45, 2.75) is 12.5 Å². The average molecular weight is 424 g/mol. The van der Waals surface area contributed by atoms with E-state index in [2.05, 4.69) is 10.3 Å². The minimum Gasteiger partial charge on any atom is -0.423 e. The van der Waals surface area contributed by atoms with Crippen molar-refractivity contribution >= 4 is 46.0 Å². The molecule has 1 saturated heterocycles. The van der Waals surface area contributed by atoms with Gasteiger partial charge in [0.05, 0.1) is 0 Å². The summed E-state index contributed by atoms with van der Waals surface area (Å²) in [6, 6.07) is 17.8. The number of carbonyl (C=O) groups excluding carboxylic acids is 1. The number of oxazole rings is 1. The van der Waals surface area contributed by atoms with Crippen LogP contribution in [0.5, 0.6) is 0 Å². The minimum absolute atomic E-state index is 0.0580. The lowest BCUT2D eigenvalue weighted by Gasteiger charge is -2.18. The van der Waals surface area contributed by atoms with Crippen LogP contribution < -0.4 is 5.32 Å². The number of nitrogens with zero attached hydrogens (tertiary/aromatic N) is 2. The van der Waals surface area contributed by atoms with Crippen LogP contribution in [-0.4, -0.2) is 34.9 Å². The summed E-state index contributed by atoms with van der Waals surface area (Å²) < 4.78 is 5.75. The lowest BCUT2D eigenvalue weighted by Crippen LogP contribution is -2.31. The van der Waals surface area contributed by atoms with Crippen LogP contribution in [0.4, 0.5) is 6.01 Å². The summed E-state index contributed by atoms with van der Waals surface area (Å²) >= 11 is 7.65. The fourth-order valence-electron chi connectivity index (χ4n) is 3.68. The summed E-state index contributed by atoms with van der Waals surface area (Å²) in [5.41, 5.74) is 3.13. The van der Waals surface area contributed by atoms with Crippen molar-refractivity contribution in [2.24, 2.45) is 0 Å². The van der Waals surface area contributed by atoms with E-state index >= 15 is 0 Å². The van der Waals surface area contributed by atoms with E-state index in [1.54, 1.807) is 23.5 Å². The Kier molecular flexibility index (Phi) is 4.73. The number of halogens is 1. The highest BCUT2D eigenvalue weighted by atomic mass is 35.5. The Morgan fingerprint density at radius 1 is 1.21 bits per heavy atom. The smallest absolute Gasteiger partial charge is 0.295 e. The number of hydrogen-bond acceptors (Lipinski definition) is 5. The van der Waals surface area contributed by atoms with Crippen molar-refractivity contribution in [3.63, 3.8) is 0 Å². The van der Waals surface area contributed by atoms with Gasteiger partial charge in [0.2, 0.25) is 0 Å². The zero-order valence-electron chi connectivity index (χ0n) is 15.5. The molecular formula is C22H18ClN3O2S. The van der Waals surface area contributed by atoms with Crippen molar-refractivity contribution in [2.75, 3.05) is 18.4 Å². The van der Waals surface area contributed by atoms with Crippen LogP contribution in [-0.2, 0) is 0 Å². The van der Waals surface area contributed by atoms with E-state index in [0.29, 0.717) is 29.7 Å². The van der Waals surface area contributed by atoms with Gasteiger partial charge in [0.25, 0.3) is 11.9 Å². The number of amides is 1. The van der Waals surface area contributed by atoms with Crippen molar-refractivity contribution in [1.29, 1.82) is 0 Å². The maximum absolute atomic E-state index is 13.2. The molecule has 1 amide bonds. The number of likely N-dealkylation sites (tertiary alicyclic amines) is 1. The van der Waals surface area contributed by atoms with Gasteiger partial charge in [-0.15, -0.1) is 11.3 Å². The number of aromatic nitrogens is 1. The maximum Gasteiger partial charge on any atom is 0.295 e. The molecule has 1 aliphatic heterocycles. The summed E-state index contributed by atoms with van der Waals surface area (Å²) in [6.07, 6.45) is 0.840. The molecule has 2 aromatic carbocycles. The average Bonchev–Trinajstić information content (AvgIpc) is 3.48. The number of rotatable bonds is 4. The molecule has 1 unspecified atom stereocenters. The molecule has 0 radical (unpaired) electrons. The second kappa shape index (κ2) is 7.54. The van der Waals surface area contributed by atoms with Crippen LogP contribution in [0.1, 0.15) is 16.8 Å². The molecule has 2 aromatic heterocycles. The first-order valence-electron chi connectivity index (χ1n) is 9.42. The van der Waals surface area contributed by atoms with Gasteiger partial charge in [-0.1, -0.05) is 35.9 Å². The van der Waals surface area contributed by atoms with Gasteiger partial charge < -0.3 is 14.6 Å². The second-order valence-electron chi connectivity index (χ2n) is 7.04. The van der Waals surface area contributed by atoms with Crippen LogP contribution in [0.2, 0.25) is 5.02 Å². The van der Waals surface area contributed by atoms with Gasteiger partial charge in [-0.3, -0.25) is 4.79 Å². The third-order valence-corrected chi connectivity index (χ3v) is 6.24. The van der Waals surface area contributed by atoms with Crippen molar-refractivity contribution in [1.82, 2.24) is 9.88 Å². The Morgan fingerprint density at radius 3 is 2.97 bits per heavy atom. The lowest BCUT2D eigenvalue weighted by molar-refractivity contribution is 0.0792. The van der Waals surface area contributed by atoms with E-state index in [-0.39, 0.29) is 11.9 Å². The van der Waals surface area contributed by atoms with Crippen LogP contribution in [0.25, 0.3) is 21.5 Å². The van der Waals surface area contributed by atoms with Gasteiger partial charge in [0.1, 0.15) is 5.52 Å². The number of nitrogens with one attached hydrogen (secondary N) is 1. The summed E-state index contributed by atoms with van der Waals surface area (Å²) in [5, 5.41) is 5.96. The molecule has 146 valence electrons. The molecule has 5 nitrogen and oxygen atoms in total. The molecule has 29 heavy (non-hydrogen) atoms. The topological polar surface area (TPSA) is 58.4 Å². The normalized spacial score (nSPS) is 16.4. The molecule has 1 atom stereocenters. The molecule has 3 heterocycles. The van der Waals surface area contributed by atoms with Crippen LogP contribution in [0, 0.1) is 0 Å². The number of benzene rings is 2. The molecule has 0 saturated carbocycles. The Bertz CT molecular complexity index is 1170. The molecule has 0 aliphatic carbocycles. The quantitative estimate of drug-likeness (QED) is 0.468. The monoisotopic (exact) mass is 423 g/mol. The van der Waals surface area contributed by atoms with E-state index in [1.165, 1.54) is 0 Å². The van der Waals surface area contributed by atoms with Gasteiger partial charge >= 0.3 is 0 Å². The molecule has 5 rings (SSSR count). The predicted octanol–water partition coefficient (Wildman–Crippen LogP) is 5.54. The Morgan fingerprint density at radius 2 is 2.10 bits per heavy atom. The molecule has 0 spiro atoms. The first kappa shape index (κ1) is 18.2. The molecule has 1 aliphatic rings. The molecule has 0 bridgehead atoms. The van der Waals surface area contributed by atoms with E-state index in [9.17, 15) is 4.79 Å². The highest BCUT2D eigenvalue weighted by molar-refractivity contribution is 7.13. The van der Waals surface area contributed by atoms with Crippen molar-refractivity contribution < 1.29 is 9.21 Å². The third kappa shape index (κ3) is 3.61. The van der Waals surface area contributed by atoms with Crippen molar-refractivity contribution in [3.8, 4) is 10.4 Å². The third-order valence-electron chi connectivity index (χ3n) is 5.10. The second-order valence-corrected chi connectivity index (χ2v) is 8.42. The standard InChI is InChI=1S/C22H18ClN3O2S/c23-14-7-8-18-19(12-14)28-22(25-18)24-15-9-10-26(13-15)21(27)17-5-2-1-4-16(17)20-6-3-11-29-20/h1-8,11-12,15H,9-10,13H2,(H,24,25). The zero-order valence-corrected chi connectivity index (χ0v) is 17.0. The summed E-state index contributed by atoms with van der Waals surface area (Å²) in [4.78, 5) is 20.6. The molecule has 7 heteroatoms. The molecule has 1 N–H and O–H groups in total. The van der Waals surface area contributed by atoms with Gasteiger partial charge in [0, 0.05) is 46.2 Å². The van der Waals surface area contributed by atoms with Crippen LogP contribution >= 0.6 is 22.9 Å². The van der Waals surface area contributed by atoms with Gasteiger partial charge in [-0.2, -0.15) is 4.98 Å². The van der Waals surface area contributed by atoms with Gasteiger partial charge in [0.15, 0.2) is 5.58 Å². The Hall–Kier alpha value is -2.83. The number of thiophene rings is 1. The minimum atomic E-state index is 0.0580. The lowest BCUT2D eigenvalue weighted by atomic mass is 10.0. The summed E-state index contributed by atoms with van der Waals surface area (Å²) in [5.74, 6) is 0.0580. The fraction of sp³-hybridized carbons (Fsp3) is 0.182. The van der Waals surface area contributed by atoms with Gasteiger partial charge in [-0.05, 0) is 36.1 Å². The first-order valence-corrected chi connectivity index (χ1v) is 10.7. The highest BCUT2D eigenvalue weighted by Gasteiger charge is 2.29. The van der Waals surface area contributed by atoms with E-state index in [4.69, 9.17) is 16.0 Å². The van der Waals surface area contributed by atoms with Gasteiger partial charge in [-0.25, -0.2) is 0 Å². The van der Waals surface area contributed by atoms with E-state index < -0.39 is 0 Å². The fourth-order valence-corrected chi connectivity index (χ4v) is 4.61. The first-order chi connectivity index (χ1) is 14.2. The molecular weight excluding hydrogens is 406 g/mol. The number of anilines is 1. The van der Waals surface area contributed by atoms with Crippen LogP contribution in [0.3, 0.4) is 0 Å². The highest BCUT2D eigenvalue weighted by Crippen LogP contribution is 2.30.